The summed E-state index contributed by atoms with van der Waals surface area (Å²) in [5.41, 5.74) is 0. The van der Waals surface area contributed by atoms with Gasteiger partial charge in [-0.05, 0) is 0 Å². The summed E-state index contributed by atoms with van der Waals surface area (Å²) in [5.74, 6) is 0. The first-order valence-electron chi connectivity index (χ1n) is 0. The Kier molecular flexibility index (Phi) is 138. The van der Waals surface area contributed by atoms with Crippen LogP contribution in [0.4, 0.5) is 0 Å². The Morgan fingerprint density at radius 2 is 1.00 bits per heavy atom. The van der Waals surface area contributed by atoms with E-state index < -0.39 is 0 Å². The molecule has 0 saturated heterocycles. The SMILES string of the molecule is [Ag].[Co].[Ni].[Sn]. The van der Waals surface area contributed by atoms with Gasteiger partial charge in [0.05, 0.1) is 0 Å². The van der Waals surface area contributed by atoms with E-state index in [1.54, 1.807) is 0 Å². The van der Waals surface area contributed by atoms with Crippen LogP contribution >= 0.6 is 0 Å². The van der Waals surface area contributed by atoms with Gasteiger partial charge in [-0.3, -0.25) is 0 Å². The molecule has 0 fully saturated rings. The van der Waals surface area contributed by atoms with E-state index >= 15 is 0 Å². The maximum absolute atomic E-state index is 0. The van der Waals surface area contributed by atoms with Gasteiger partial charge in [-0.1, -0.05) is 0 Å². The van der Waals surface area contributed by atoms with E-state index in [1.807, 2.05) is 0 Å². The third-order valence-corrected chi connectivity index (χ3v) is 0. The van der Waals surface area contributed by atoms with Crippen molar-refractivity contribution in [3.63, 3.8) is 0 Å². The van der Waals surface area contributed by atoms with Crippen LogP contribution in [0.25, 0.3) is 0 Å². The van der Waals surface area contributed by atoms with Crippen LogP contribution in [-0.4, -0.2) is 23.9 Å². The first-order valence-corrected chi connectivity index (χ1v) is 0. The van der Waals surface area contributed by atoms with Gasteiger partial charge < -0.3 is 0 Å². The van der Waals surface area contributed by atoms with Crippen molar-refractivity contribution in [2.45, 2.75) is 0 Å². The minimum absolute atomic E-state index is 0. The number of rotatable bonds is 0. The molecular formula is AgCoNiSn. The molecule has 0 unspecified atom stereocenters. The van der Waals surface area contributed by atoms with Crippen molar-refractivity contribution in [1.29, 1.82) is 0 Å². The second-order valence-electron chi connectivity index (χ2n) is 0. The van der Waals surface area contributed by atoms with Crippen LogP contribution in [-0.2, 0) is 55.7 Å². The van der Waals surface area contributed by atoms with Crippen molar-refractivity contribution in [2.24, 2.45) is 0 Å². The molecule has 0 aromatic heterocycles. The molecular weight excluding hydrogens is 344 g/mol. The summed E-state index contributed by atoms with van der Waals surface area (Å²) in [6, 6.07) is 0. The molecule has 0 aromatic rings. The minimum Gasteiger partial charge on any atom is 0 e. The molecule has 0 atom stereocenters. The van der Waals surface area contributed by atoms with Crippen LogP contribution < -0.4 is 0 Å². The summed E-state index contributed by atoms with van der Waals surface area (Å²) in [4.78, 5) is 0. The number of hydrogen-bond acceptors (Lipinski definition) is 0. The zero-order chi connectivity index (χ0) is 0. The fourth-order valence-electron chi connectivity index (χ4n) is 0. The Bertz CT molecular complexity index is 8.00. The van der Waals surface area contributed by atoms with Crippen LogP contribution in [0, 0.1) is 0 Å². The van der Waals surface area contributed by atoms with Crippen LogP contribution in [0.15, 0.2) is 0 Å². The van der Waals surface area contributed by atoms with Gasteiger partial charge in [0.1, 0.15) is 0 Å². The Morgan fingerprint density at radius 3 is 1.00 bits per heavy atom. The van der Waals surface area contributed by atoms with E-state index in [0.29, 0.717) is 0 Å². The van der Waals surface area contributed by atoms with Crippen molar-refractivity contribution in [3.8, 4) is 0 Å². The van der Waals surface area contributed by atoms with Crippen molar-refractivity contribution in [2.75, 3.05) is 0 Å². The van der Waals surface area contributed by atoms with Gasteiger partial charge in [-0.2, -0.15) is 0 Å². The monoisotopic (exact) mass is 344 g/mol. The average molecular weight is 344 g/mol. The van der Waals surface area contributed by atoms with Crippen molar-refractivity contribution >= 4 is 23.9 Å². The van der Waals surface area contributed by atoms with E-state index in [2.05, 4.69) is 0 Å². The standard InChI is InChI=1S/Ag.Co.Ni.Sn. The predicted octanol–water partition coefficient (Wildman–Crippen LogP) is -0.388. The largest absolute Gasteiger partial charge is 0 e. The maximum Gasteiger partial charge on any atom is 0 e. The molecule has 6 radical (unpaired) electrons. The summed E-state index contributed by atoms with van der Waals surface area (Å²) in [6.07, 6.45) is 0. The molecule has 0 bridgehead atoms. The van der Waals surface area contributed by atoms with E-state index in [1.165, 1.54) is 0 Å². The third-order valence-electron chi connectivity index (χ3n) is 0. The summed E-state index contributed by atoms with van der Waals surface area (Å²) in [5, 5.41) is 0. The predicted molar refractivity (Wildman–Crippen MR) is 5.75 cm³/mol. The molecule has 0 heterocycles. The third kappa shape index (κ3) is 8.82. The van der Waals surface area contributed by atoms with E-state index in [4.69, 9.17) is 0 Å². The zero-order valence-corrected chi connectivity index (χ0v) is 7.82. The molecule has 0 aliphatic carbocycles. The van der Waals surface area contributed by atoms with Crippen LogP contribution in [0.3, 0.4) is 0 Å². The fourth-order valence-corrected chi connectivity index (χ4v) is 0. The van der Waals surface area contributed by atoms with Gasteiger partial charge in [0.2, 0.25) is 0 Å². The molecule has 4 heavy (non-hydrogen) atoms. The van der Waals surface area contributed by atoms with Gasteiger partial charge in [0.15, 0.2) is 0 Å². The maximum atomic E-state index is 0. The van der Waals surface area contributed by atoms with E-state index in [0.717, 1.165) is 0 Å². The summed E-state index contributed by atoms with van der Waals surface area (Å²) >= 11 is 0. The van der Waals surface area contributed by atoms with E-state index in [-0.39, 0.29) is 79.6 Å². The molecule has 0 aliphatic heterocycles. The summed E-state index contributed by atoms with van der Waals surface area (Å²) in [6.45, 7) is 0. The van der Waals surface area contributed by atoms with Crippen molar-refractivity contribution in [1.82, 2.24) is 0 Å². The minimum atomic E-state index is 0. The quantitative estimate of drug-likeness (QED) is 0.526. The molecule has 0 N–H and O–H groups in total. The van der Waals surface area contributed by atoms with E-state index in [9.17, 15) is 0 Å². The Labute approximate surface area is 78.4 Å². The molecule has 0 aliphatic rings. The fraction of sp³-hybridized carbons (Fsp3) is 0. The average Bonchev–Trinajstić information content (AvgIpc) is 0. The smallest absolute Gasteiger partial charge is 0 e. The molecule has 0 saturated carbocycles. The summed E-state index contributed by atoms with van der Waals surface area (Å²) < 4.78 is 0. The summed E-state index contributed by atoms with van der Waals surface area (Å²) in [7, 11) is 0. The molecule has 4 heteroatoms. The Balaban J connectivity index is 0. The molecule has 0 aromatic carbocycles. The van der Waals surface area contributed by atoms with Gasteiger partial charge in [-0.15, -0.1) is 0 Å². The normalized spacial score (nSPS) is 0. The van der Waals surface area contributed by atoms with Crippen LogP contribution in [0.1, 0.15) is 0 Å². The van der Waals surface area contributed by atoms with Crippen molar-refractivity contribution in [3.05, 3.63) is 0 Å². The van der Waals surface area contributed by atoms with Gasteiger partial charge in [-0.25, -0.2) is 0 Å². The number of hydrogen-bond donors (Lipinski definition) is 0. The topological polar surface area (TPSA) is 0 Å². The Morgan fingerprint density at radius 1 is 1.00 bits per heavy atom. The zero-order valence-electron chi connectivity index (χ0n) is 1.45. The molecule has 0 rings (SSSR count). The van der Waals surface area contributed by atoms with Crippen molar-refractivity contribution < 1.29 is 55.7 Å². The Hall–Kier alpha value is 2.54. The van der Waals surface area contributed by atoms with Gasteiger partial charge in [0.25, 0.3) is 0 Å². The van der Waals surface area contributed by atoms with Crippen LogP contribution in [0.2, 0.25) is 0 Å². The van der Waals surface area contributed by atoms with Crippen LogP contribution in [0.5, 0.6) is 0 Å². The molecule has 34 valence electrons. The first-order chi connectivity index (χ1) is 0. The molecule has 0 amide bonds. The molecule has 0 spiro atoms. The second kappa shape index (κ2) is 17.7. The van der Waals surface area contributed by atoms with Gasteiger partial charge >= 0.3 is 0 Å². The second-order valence-corrected chi connectivity index (χ2v) is 0. The van der Waals surface area contributed by atoms with Gasteiger partial charge in [0, 0.05) is 79.6 Å². The first kappa shape index (κ1) is 31.1. The molecule has 0 nitrogen and oxygen atoms in total.